The first-order valence-electron chi connectivity index (χ1n) is 5.24. The number of benzene rings is 1. The summed E-state index contributed by atoms with van der Waals surface area (Å²) in [5, 5.41) is 3.09. The number of alkyl halides is 3. The van der Waals surface area contributed by atoms with Crippen LogP contribution in [0.4, 0.5) is 13.2 Å². The molecule has 1 aliphatic heterocycles. The maximum absolute atomic E-state index is 12.4. The van der Waals surface area contributed by atoms with E-state index < -0.39 is 11.7 Å². The van der Waals surface area contributed by atoms with Crippen LogP contribution in [-0.2, 0) is 6.18 Å². The van der Waals surface area contributed by atoms with Crippen molar-refractivity contribution in [1.29, 1.82) is 0 Å². The van der Waals surface area contributed by atoms with Gasteiger partial charge in [0.15, 0.2) is 0 Å². The van der Waals surface area contributed by atoms with Crippen LogP contribution in [0.25, 0.3) is 0 Å². The fraction of sp³-hybridized carbons (Fsp3) is 0.333. The van der Waals surface area contributed by atoms with Crippen molar-refractivity contribution < 1.29 is 17.9 Å². The Bertz CT molecular complexity index is 426. The Morgan fingerprint density at radius 1 is 1.29 bits per heavy atom. The highest BCUT2D eigenvalue weighted by Gasteiger charge is 2.30. The number of hydrogen-bond acceptors (Lipinski definition) is 2. The summed E-state index contributed by atoms with van der Waals surface area (Å²) in [4.78, 5) is 0. The predicted molar refractivity (Wildman–Crippen MR) is 57.9 cm³/mol. The molecule has 0 bridgehead atoms. The normalized spacial score (nSPS) is 15.8. The molecule has 0 atom stereocenters. The summed E-state index contributed by atoms with van der Waals surface area (Å²) in [5.41, 5.74) is 0.371. The lowest BCUT2D eigenvalue weighted by Gasteiger charge is -2.10. The van der Waals surface area contributed by atoms with E-state index in [1.54, 1.807) is 0 Å². The van der Waals surface area contributed by atoms with Gasteiger partial charge in [0.2, 0.25) is 0 Å². The molecule has 0 unspecified atom stereocenters. The molecular formula is C12H12F3NO. The molecule has 0 fully saturated rings. The molecule has 5 heteroatoms. The van der Waals surface area contributed by atoms with E-state index in [2.05, 4.69) is 5.32 Å². The van der Waals surface area contributed by atoms with Gasteiger partial charge in [0.1, 0.15) is 12.4 Å². The summed E-state index contributed by atoms with van der Waals surface area (Å²) in [6, 6.07) is 4.92. The summed E-state index contributed by atoms with van der Waals surface area (Å²) in [7, 11) is 0. The SMILES string of the molecule is FC(F)(F)c1cccc(OCC2=CCNC2)c1. The second-order valence-electron chi connectivity index (χ2n) is 3.81. The van der Waals surface area contributed by atoms with Gasteiger partial charge in [-0.05, 0) is 23.8 Å². The van der Waals surface area contributed by atoms with E-state index in [0.29, 0.717) is 6.61 Å². The lowest BCUT2D eigenvalue weighted by Crippen LogP contribution is -2.11. The molecule has 0 amide bonds. The standard InChI is InChI=1S/C12H12F3NO/c13-12(14,15)10-2-1-3-11(6-10)17-8-9-4-5-16-7-9/h1-4,6,16H,5,7-8H2. The van der Waals surface area contributed by atoms with E-state index in [-0.39, 0.29) is 5.75 Å². The van der Waals surface area contributed by atoms with Gasteiger partial charge in [-0.1, -0.05) is 12.1 Å². The van der Waals surface area contributed by atoms with Crippen LogP contribution in [0.3, 0.4) is 0 Å². The second kappa shape index (κ2) is 4.79. The highest BCUT2D eigenvalue weighted by Crippen LogP contribution is 2.31. The Morgan fingerprint density at radius 3 is 2.76 bits per heavy atom. The lowest BCUT2D eigenvalue weighted by molar-refractivity contribution is -0.137. The van der Waals surface area contributed by atoms with E-state index in [0.717, 1.165) is 30.8 Å². The van der Waals surface area contributed by atoms with Crippen molar-refractivity contribution in [2.45, 2.75) is 6.18 Å². The van der Waals surface area contributed by atoms with Gasteiger partial charge in [-0.3, -0.25) is 0 Å². The topological polar surface area (TPSA) is 21.3 Å². The van der Waals surface area contributed by atoms with Gasteiger partial charge < -0.3 is 10.1 Å². The minimum absolute atomic E-state index is 0.243. The Labute approximate surface area is 97.1 Å². The van der Waals surface area contributed by atoms with E-state index in [4.69, 9.17) is 4.74 Å². The van der Waals surface area contributed by atoms with Crippen molar-refractivity contribution in [2.75, 3.05) is 19.7 Å². The van der Waals surface area contributed by atoms with Crippen molar-refractivity contribution in [3.8, 4) is 5.75 Å². The molecule has 0 spiro atoms. The van der Waals surface area contributed by atoms with Crippen LogP contribution in [0.2, 0.25) is 0 Å². The fourth-order valence-electron chi connectivity index (χ4n) is 1.57. The molecule has 92 valence electrons. The summed E-state index contributed by atoms with van der Waals surface area (Å²) in [6.45, 7) is 1.86. The van der Waals surface area contributed by atoms with E-state index in [1.165, 1.54) is 12.1 Å². The molecule has 17 heavy (non-hydrogen) atoms. The minimum Gasteiger partial charge on any atom is -0.489 e. The van der Waals surface area contributed by atoms with Gasteiger partial charge >= 0.3 is 6.18 Å². The van der Waals surface area contributed by atoms with E-state index >= 15 is 0 Å². The van der Waals surface area contributed by atoms with Crippen molar-refractivity contribution in [3.05, 3.63) is 41.5 Å². The zero-order valence-corrected chi connectivity index (χ0v) is 9.05. The molecule has 1 aliphatic rings. The molecule has 2 nitrogen and oxygen atoms in total. The molecular weight excluding hydrogens is 231 g/mol. The maximum atomic E-state index is 12.4. The summed E-state index contributed by atoms with van der Waals surface area (Å²) < 4.78 is 42.6. The van der Waals surface area contributed by atoms with Crippen LogP contribution in [0.1, 0.15) is 5.56 Å². The second-order valence-corrected chi connectivity index (χ2v) is 3.81. The van der Waals surface area contributed by atoms with Gasteiger partial charge in [0.05, 0.1) is 5.56 Å². The molecule has 0 saturated heterocycles. The Kier molecular flexibility index (Phi) is 3.38. The Morgan fingerprint density at radius 2 is 2.12 bits per heavy atom. The quantitative estimate of drug-likeness (QED) is 0.824. The largest absolute Gasteiger partial charge is 0.489 e. The molecule has 0 radical (unpaired) electrons. The summed E-state index contributed by atoms with van der Waals surface area (Å²) >= 11 is 0. The highest BCUT2D eigenvalue weighted by molar-refractivity contribution is 5.30. The first-order chi connectivity index (χ1) is 8.05. The molecule has 1 aromatic carbocycles. The first kappa shape index (κ1) is 12.0. The molecule has 0 aliphatic carbocycles. The average molecular weight is 243 g/mol. The van der Waals surface area contributed by atoms with Crippen LogP contribution >= 0.6 is 0 Å². The van der Waals surface area contributed by atoms with Crippen LogP contribution in [0.15, 0.2) is 35.9 Å². The van der Waals surface area contributed by atoms with E-state index in [9.17, 15) is 13.2 Å². The number of nitrogens with one attached hydrogen (secondary N) is 1. The number of rotatable bonds is 3. The molecule has 1 aromatic rings. The number of hydrogen-bond donors (Lipinski definition) is 1. The summed E-state index contributed by atoms with van der Waals surface area (Å²) in [6.07, 6.45) is -2.35. The summed E-state index contributed by atoms with van der Waals surface area (Å²) in [5.74, 6) is 0.243. The lowest BCUT2D eigenvalue weighted by atomic mass is 10.2. The van der Waals surface area contributed by atoms with Crippen molar-refractivity contribution in [2.24, 2.45) is 0 Å². The predicted octanol–water partition coefficient (Wildman–Crippen LogP) is 2.61. The third kappa shape index (κ3) is 3.23. The third-order valence-electron chi connectivity index (χ3n) is 2.47. The smallest absolute Gasteiger partial charge is 0.416 e. The van der Waals surface area contributed by atoms with E-state index in [1.807, 2.05) is 6.08 Å². The molecule has 1 heterocycles. The molecule has 1 N–H and O–H groups in total. The molecule has 2 rings (SSSR count). The Hall–Kier alpha value is -1.49. The zero-order valence-electron chi connectivity index (χ0n) is 9.05. The average Bonchev–Trinajstić information content (AvgIpc) is 2.78. The fourth-order valence-corrected chi connectivity index (χ4v) is 1.57. The maximum Gasteiger partial charge on any atom is 0.416 e. The van der Waals surface area contributed by atoms with Gasteiger partial charge in [0, 0.05) is 13.1 Å². The monoisotopic (exact) mass is 243 g/mol. The number of halogens is 3. The van der Waals surface area contributed by atoms with Crippen molar-refractivity contribution in [3.63, 3.8) is 0 Å². The third-order valence-corrected chi connectivity index (χ3v) is 2.47. The zero-order chi connectivity index (χ0) is 12.3. The number of ether oxygens (including phenoxy) is 1. The van der Waals surface area contributed by atoms with Gasteiger partial charge in [-0.15, -0.1) is 0 Å². The van der Waals surface area contributed by atoms with Gasteiger partial charge in [0.25, 0.3) is 0 Å². The van der Waals surface area contributed by atoms with Crippen LogP contribution < -0.4 is 10.1 Å². The highest BCUT2D eigenvalue weighted by atomic mass is 19.4. The first-order valence-corrected chi connectivity index (χ1v) is 5.24. The molecule has 0 saturated carbocycles. The van der Waals surface area contributed by atoms with Gasteiger partial charge in [-0.2, -0.15) is 13.2 Å². The minimum atomic E-state index is -4.33. The van der Waals surface area contributed by atoms with Crippen molar-refractivity contribution >= 4 is 0 Å². The van der Waals surface area contributed by atoms with Crippen LogP contribution in [-0.4, -0.2) is 19.7 Å². The van der Waals surface area contributed by atoms with Crippen LogP contribution in [0.5, 0.6) is 5.75 Å². The van der Waals surface area contributed by atoms with Gasteiger partial charge in [-0.25, -0.2) is 0 Å². The Balaban J connectivity index is 2.01. The van der Waals surface area contributed by atoms with Crippen LogP contribution in [0, 0.1) is 0 Å². The molecule has 0 aromatic heterocycles. The van der Waals surface area contributed by atoms with Crippen molar-refractivity contribution in [1.82, 2.24) is 5.32 Å².